The van der Waals surface area contributed by atoms with E-state index in [2.05, 4.69) is 15.3 Å². The molecule has 0 saturated carbocycles. The number of anilines is 1. The van der Waals surface area contributed by atoms with Gasteiger partial charge in [0, 0.05) is 36.4 Å². The van der Waals surface area contributed by atoms with Gasteiger partial charge >= 0.3 is 0 Å². The lowest BCUT2D eigenvalue weighted by Crippen LogP contribution is -1.94. The monoisotopic (exact) mass is 173 g/mol. The molecule has 2 aromatic rings. The first-order chi connectivity index (χ1) is 6.33. The smallest absolute Gasteiger partial charge is 0.133 e. The van der Waals surface area contributed by atoms with Crippen molar-refractivity contribution >= 4 is 16.6 Å². The number of aryl methyl sites for hydroxylation is 1. The Hall–Kier alpha value is -1.64. The lowest BCUT2D eigenvalue weighted by atomic mass is 10.1. The van der Waals surface area contributed by atoms with Gasteiger partial charge < -0.3 is 5.32 Å². The van der Waals surface area contributed by atoms with Crippen molar-refractivity contribution in [2.45, 2.75) is 6.92 Å². The fourth-order valence-electron chi connectivity index (χ4n) is 1.48. The molecular weight excluding hydrogens is 162 g/mol. The van der Waals surface area contributed by atoms with Crippen molar-refractivity contribution in [1.82, 2.24) is 9.97 Å². The highest BCUT2D eigenvalue weighted by molar-refractivity contribution is 5.93. The molecule has 66 valence electrons. The Bertz CT molecular complexity index is 432. The van der Waals surface area contributed by atoms with Crippen LogP contribution in [0.2, 0.25) is 0 Å². The standard InChI is InChI=1S/C10H11N3/c1-7-5-12-6-8-3-4-13-10(11-2)9(7)8/h3-6H,1-2H3,(H,11,13). The molecule has 0 aliphatic carbocycles. The Morgan fingerprint density at radius 1 is 1.31 bits per heavy atom. The molecule has 2 aromatic heterocycles. The zero-order valence-corrected chi connectivity index (χ0v) is 7.70. The summed E-state index contributed by atoms with van der Waals surface area (Å²) in [6.07, 6.45) is 5.49. The molecule has 13 heavy (non-hydrogen) atoms. The summed E-state index contributed by atoms with van der Waals surface area (Å²) in [6, 6.07) is 1.97. The maximum absolute atomic E-state index is 4.25. The van der Waals surface area contributed by atoms with Crippen LogP contribution in [-0.2, 0) is 0 Å². The first-order valence-electron chi connectivity index (χ1n) is 4.20. The third-order valence-corrected chi connectivity index (χ3v) is 2.10. The summed E-state index contributed by atoms with van der Waals surface area (Å²) in [7, 11) is 1.88. The first-order valence-corrected chi connectivity index (χ1v) is 4.20. The van der Waals surface area contributed by atoms with Crippen LogP contribution < -0.4 is 5.32 Å². The number of aromatic nitrogens is 2. The van der Waals surface area contributed by atoms with E-state index in [0.717, 1.165) is 22.2 Å². The van der Waals surface area contributed by atoms with E-state index in [4.69, 9.17) is 0 Å². The molecule has 0 fully saturated rings. The third-order valence-electron chi connectivity index (χ3n) is 2.10. The molecule has 0 radical (unpaired) electrons. The highest BCUT2D eigenvalue weighted by Crippen LogP contribution is 2.22. The molecule has 0 amide bonds. The van der Waals surface area contributed by atoms with Crippen LogP contribution in [0.15, 0.2) is 24.7 Å². The molecule has 0 aliphatic rings. The van der Waals surface area contributed by atoms with Gasteiger partial charge in [-0.2, -0.15) is 0 Å². The minimum Gasteiger partial charge on any atom is -0.373 e. The minimum absolute atomic E-state index is 0.914. The van der Waals surface area contributed by atoms with Crippen LogP contribution in [0.1, 0.15) is 5.56 Å². The molecule has 0 atom stereocenters. The van der Waals surface area contributed by atoms with Gasteiger partial charge in [-0.25, -0.2) is 4.98 Å². The molecule has 2 heterocycles. The molecule has 0 aromatic carbocycles. The fourth-order valence-corrected chi connectivity index (χ4v) is 1.48. The van der Waals surface area contributed by atoms with Gasteiger partial charge in [0.2, 0.25) is 0 Å². The average Bonchev–Trinajstić information content (AvgIpc) is 2.17. The second-order valence-electron chi connectivity index (χ2n) is 2.96. The maximum Gasteiger partial charge on any atom is 0.133 e. The van der Waals surface area contributed by atoms with Gasteiger partial charge in [-0.1, -0.05) is 0 Å². The van der Waals surface area contributed by atoms with Gasteiger partial charge in [0.05, 0.1) is 0 Å². The summed E-state index contributed by atoms with van der Waals surface area (Å²) >= 11 is 0. The number of fused-ring (bicyclic) bond motifs is 1. The quantitative estimate of drug-likeness (QED) is 0.716. The van der Waals surface area contributed by atoms with Crippen LogP contribution in [0, 0.1) is 6.92 Å². The van der Waals surface area contributed by atoms with Crippen LogP contribution in [0.5, 0.6) is 0 Å². The minimum atomic E-state index is 0.914. The highest BCUT2D eigenvalue weighted by atomic mass is 15.0. The predicted octanol–water partition coefficient (Wildman–Crippen LogP) is 1.98. The molecule has 3 nitrogen and oxygen atoms in total. The third kappa shape index (κ3) is 1.22. The number of nitrogens with one attached hydrogen (secondary N) is 1. The largest absolute Gasteiger partial charge is 0.373 e. The van der Waals surface area contributed by atoms with Crippen molar-refractivity contribution in [2.75, 3.05) is 12.4 Å². The molecule has 0 unspecified atom stereocenters. The van der Waals surface area contributed by atoms with Crippen LogP contribution >= 0.6 is 0 Å². The Morgan fingerprint density at radius 3 is 2.92 bits per heavy atom. The molecule has 3 heteroatoms. The van der Waals surface area contributed by atoms with Gasteiger partial charge in [0.25, 0.3) is 0 Å². The van der Waals surface area contributed by atoms with Crippen LogP contribution in [0.4, 0.5) is 5.82 Å². The SMILES string of the molecule is CNc1nccc2cncc(C)c12. The highest BCUT2D eigenvalue weighted by Gasteiger charge is 2.02. The van der Waals surface area contributed by atoms with E-state index in [1.165, 1.54) is 0 Å². The molecular formula is C10H11N3. The summed E-state index contributed by atoms with van der Waals surface area (Å²) in [5.41, 5.74) is 1.15. The summed E-state index contributed by atoms with van der Waals surface area (Å²) in [6.45, 7) is 2.04. The van der Waals surface area contributed by atoms with Crippen LogP contribution in [0.3, 0.4) is 0 Å². The topological polar surface area (TPSA) is 37.8 Å². The van der Waals surface area contributed by atoms with Gasteiger partial charge in [-0.05, 0) is 18.6 Å². The van der Waals surface area contributed by atoms with Crippen molar-refractivity contribution in [3.63, 3.8) is 0 Å². The zero-order valence-electron chi connectivity index (χ0n) is 7.70. The van der Waals surface area contributed by atoms with E-state index in [1.54, 1.807) is 6.20 Å². The van der Waals surface area contributed by atoms with Gasteiger partial charge in [-0.15, -0.1) is 0 Å². The molecule has 1 N–H and O–H groups in total. The fraction of sp³-hybridized carbons (Fsp3) is 0.200. The van der Waals surface area contributed by atoms with Gasteiger partial charge in [0.1, 0.15) is 5.82 Å². The Labute approximate surface area is 76.8 Å². The van der Waals surface area contributed by atoms with E-state index in [1.807, 2.05) is 32.4 Å². The second-order valence-corrected chi connectivity index (χ2v) is 2.96. The van der Waals surface area contributed by atoms with Crippen molar-refractivity contribution in [3.05, 3.63) is 30.2 Å². The first kappa shape index (κ1) is 7.98. The zero-order chi connectivity index (χ0) is 9.26. The molecule has 0 bridgehead atoms. The molecule has 2 rings (SSSR count). The Balaban J connectivity index is 2.87. The number of hydrogen-bond acceptors (Lipinski definition) is 3. The van der Waals surface area contributed by atoms with E-state index in [9.17, 15) is 0 Å². The van der Waals surface area contributed by atoms with E-state index < -0.39 is 0 Å². The van der Waals surface area contributed by atoms with Crippen molar-refractivity contribution in [2.24, 2.45) is 0 Å². The van der Waals surface area contributed by atoms with Crippen molar-refractivity contribution in [3.8, 4) is 0 Å². The number of nitrogens with zero attached hydrogens (tertiary/aromatic N) is 2. The number of hydrogen-bond donors (Lipinski definition) is 1. The molecule has 0 aliphatic heterocycles. The van der Waals surface area contributed by atoms with Crippen LogP contribution in [-0.4, -0.2) is 17.0 Å². The van der Waals surface area contributed by atoms with Crippen molar-refractivity contribution in [1.29, 1.82) is 0 Å². The second kappa shape index (κ2) is 3.01. The lowest BCUT2D eigenvalue weighted by Gasteiger charge is -2.05. The van der Waals surface area contributed by atoms with Gasteiger partial charge in [0.15, 0.2) is 0 Å². The summed E-state index contributed by atoms with van der Waals surface area (Å²) in [4.78, 5) is 8.38. The molecule has 0 saturated heterocycles. The normalized spacial score (nSPS) is 10.3. The number of rotatable bonds is 1. The predicted molar refractivity (Wildman–Crippen MR) is 53.8 cm³/mol. The summed E-state index contributed by atoms with van der Waals surface area (Å²) in [5.74, 6) is 0.914. The van der Waals surface area contributed by atoms with Crippen molar-refractivity contribution < 1.29 is 0 Å². The molecule has 0 spiro atoms. The maximum atomic E-state index is 4.25. The van der Waals surface area contributed by atoms with E-state index >= 15 is 0 Å². The summed E-state index contributed by atoms with van der Waals surface area (Å²) < 4.78 is 0. The Morgan fingerprint density at radius 2 is 2.15 bits per heavy atom. The van der Waals surface area contributed by atoms with Crippen LogP contribution in [0.25, 0.3) is 10.8 Å². The Kier molecular flexibility index (Phi) is 1.85. The summed E-state index contributed by atoms with van der Waals surface area (Å²) in [5, 5.41) is 5.35. The lowest BCUT2D eigenvalue weighted by molar-refractivity contribution is 1.27. The number of pyridine rings is 2. The van der Waals surface area contributed by atoms with E-state index in [0.29, 0.717) is 0 Å². The van der Waals surface area contributed by atoms with E-state index in [-0.39, 0.29) is 0 Å². The van der Waals surface area contributed by atoms with Gasteiger partial charge in [-0.3, -0.25) is 4.98 Å². The average molecular weight is 173 g/mol.